The Morgan fingerprint density at radius 1 is 0.759 bits per heavy atom. The number of unbranched alkanes of at least 4 members (excludes halogenated alkanes) is 1. The fourth-order valence-corrected chi connectivity index (χ4v) is 10.4. The van der Waals surface area contributed by atoms with E-state index in [9.17, 15) is 33.6 Å². The predicted molar refractivity (Wildman–Crippen MR) is 315 cm³/mol. The van der Waals surface area contributed by atoms with Crippen LogP contribution in [0.1, 0.15) is 75.4 Å². The van der Waals surface area contributed by atoms with Crippen LogP contribution in [0.4, 0.5) is 21.1 Å². The zero-order valence-electron chi connectivity index (χ0n) is 47.7. The van der Waals surface area contributed by atoms with Crippen LogP contribution in [0.2, 0.25) is 0 Å². The number of pyridine rings is 1. The minimum absolute atomic E-state index is 0.0296. The first-order chi connectivity index (χ1) is 40.1. The van der Waals surface area contributed by atoms with Crippen molar-refractivity contribution in [1.29, 1.82) is 0 Å². The van der Waals surface area contributed by atoms with Crippen molar-refractivity contribution < 1.29 is 52.5 Å². The molecule has 5 aromatic rings. The predicted octanol–water partition coefficient (Wildman–Crippen LogP) is 4.04. The number of primary amides is 1. The molecule has 25 heteroatoms. The molecular formula is C58H79N13O11S. The van der Waals surface area contributed by atoms with E-state index >= 15 is 0 Å². The highest BCUT2D eigenvalue weighted by molar-refractivity contribution is 7.18. The van der Waals surface area contributed by atoms with E-state index in [0.29, 0.717) is 50.5 Å². The number of carbonyl (C=O) groups is 7. The summed E-state index contributed by atoms with van der Waals surface area (Å²) < 4.78 is 26.1. The molecule has 2 aromatic carbocycles. The summed E-state index contributed by atoms with van der Waals surface area (Å²) in [5.41, 5.74) is 18.0. The molecule has 5 heterocycles. The van der Waals surface area contributed by atoms with E-state index in [4.69, 9.17) is 35.4 Å². The summed E-state index contributed by atoms with van der Waals surface area (Å²) in [6.07, 6.45) is 5.51. The highest BCUT2D eigenvalue weighted by Crippen LogP contribution is 2.33. The van der Waals surface area contributed by atoms with Gasteiger partial charge in [-0.05, 0) is 65.4 Å². The molecule has 24 nitrogen and oxygen atoms in total. The normalized spacial score (nSPS) is 14.6. The van der Waals surface area contributed by atoms with Crippen LogP contribution >= 0.6 is 11.3 Å². The number of ether oxygens (including phenoxy) is 4. The third-order valence-electron chi connectivity index (χ3n) is 14.1. The molecule has 8 amide bonds. The number of hydrogen-bond donors (Lipinski definition) is 7. The monoisotopic (exact) mass is 1170 g/mol. The summed E-state index contributed by atoms with van der Waals surface area (Å²) >= 11 is 1.68. The summed E-state index contributed by atoms with van der Waals surface area (Å²) in [7, 11) is 0. The lowest BCUT2D eigenvalue weighted by molar-refractivity contribution is -0.138. The number of fused-ring (bicyclic) bond motifs is 3. The van der Waals surface area contributed by atoms with Gasteiger partial charge in [0, 0.05) is 89.6 Å². The molecule has 1 saturated heterocycles. The van der Waals surface area contributed by atoms with Gasteiger partial charge in [-0.3, -0.25) is 38.7 Å². The molecule has 448 valence electrons. The van der Waals surface area contributed by atoms with Crippen molar-refractivity contribution in [2.24, 2.45) is 11.7 Å². The number of imide groups is 1. The third kappa shape index (κ3) is 19.8. The van der Waals surface area contributed by atoms with Crippen LogP contribution in [-0.4, -0.2) is 175 Å². The molecule has 2 aliphatic rings. The van der Waals surface area contributed by atoms with Gasteiger partial charge in [-0.15, -0.1) is 11.3 Å². The Hall–Kier alpha value is -7.55. The van der Waals surface area contributed by atoms with Crippen LogP contribution in [0.25, 0.3) is 21.3 Å². The van der Waals surface area contributed by atoms with E-state index in [1.165, 1.54) is 23.3 Å². The highest BCUT2D eigenvalue weighted by Gasteiger charge is 2.26. The smallest absolute Gasteiger partial charge is 0.407 e. The maximum absolute atomic E-state index is 13.1. The SMILES string of the molecule is CCCCc1nc2c(N)nc3ccsc3c2n1Cc1ccc(CN2CCN(CCNC(=O)OCc3ccc(NC(=O)CNC(=O)[C@@H](NC(=O)CCOC[C@H](CCCNC(N)=O)OCCOCCN4C(=O)C=CC4=O)C(C)C)cc3)CC2)cc1. The van der Waals surface area contributed by atoms with Crippen LogP contribution in [0.3, 0.4) is 0 Å². The minimum Gasteiger partial charge on any atom is -0.445 e. The average Bonchev–Trinajstić information content (AvgIpc) is 4.40. The van der Waals surface area contributed by atoms with E-state index in [0.717, 1.165) is 89.5 Å². The van der Waals surface area contributed by atoms with E-state index < -0.39 is 42.0 Å². The Balaban J connectivity index is 0.730. The number of alkyl carbamates (subject to hydrolysis) is 1. The lowest BCUT2D eigenvalue weighted by Gasteiger charge is -2.34. The molecule has 3 aromatic heterocycles. The number of amides is 8. The third-order valence-corrected chi connectivity index (χ3v) is 15.0. The second-order valence-corrected chi connectivity index (χ2v) is 21.7. The number of anilines is 2. The first-order valence-electron chi connectivity index (χ1n) is 28.4. The molecule has 0 spiro atoms. The van der Waals surface area contributed by atoms with Crippen LogP contribution in [0.5, 0.6) is 0 Å². The van der Waals surface area contributed by atoms with Crippen LogP contribution in [0, 0.1) is 5.92 Å². The van der Waals surface area contributed by atoms with Gasteiger partial charge in [0.1, 0.15) is 24.0 Å². The van der Waals surface area contributed by atoms with Crippen molar-refractivity contribution in [3.8, 4) is 0 Å². The Bertz CT molecular complexity index is 2980. The van der Waals surface area contributed by atoms with Gasteiger partial charge in [-0.25, -0.2) is 19.6 Å². The zero-order chi connectivity index (χ0) is 59.1. The van der Waals surface area contributed by atoms with Crippen molar-refractivity contribution >= 4 is 85.8 Å². The summed E-state index contributed by atoms with van der Waals surface area (Å²) in [5.74, 6) is -0.977. The molecule has 9 N–H and O–H groups in total. The number of aryl methyl sites for hydroxylation is 1. The number of urea groups is 1. The number of benzene rings is 2. The number of nitrogen functional groups attached to an aromatic ring is 1. The van der Waals surface area contributed by atoms with Gasteiger partial charge in [0.15, 0.2) is 5.82 Å². The number of nitrogens with zero attached hydrogens (tertiary/aromatic N) is 6. The van der Waals surface area contributed by atoms with Crippen molar-refractivity contribution in [3.63, 3.8) is 0 Å². The molecule has 0 bridgehead atoms. The average molecular weight is 1170 g/mol. The summed E-state index contributed by atoms with van der Waals surface area (Å²) in [5, 5.41) is 15.5. The van der Waals surface area contributed by atoms with Gasteiger partial charge in [0.05, 0.1) is 68.0 Å². The molecule has 0 aliphatic carbocycles. The lowest BCUT2D eigenvalue weighted by atomic mass is 10.0. The number of imidazole rings is 1. The molecule has 0 saturated carbocycles. The van der Waals surface area contributed by atoms with Crippen molar-refractivity contribution in [2.75, 3.05) is 103 Å². The summed E-state index contributed by atoms with van der Waals surface area (Å²) in [4.78, 5) is 101. The fourth-order valence-electron chi connectivity index (χ4n) is 9.50. The minimum atomic E-state index is -0.916. The molecule has 1 fully saturated rings. The number of hydrogen-bond acceptors (Lipinski definition) is 17. The molecule has 0 radical (unpaired) electrons. The van der Waals surface area contributed by atoms with Gasteiger partial charge >= 0.3 is 12.1 Å². The molecule has 83 heavy (non-hydrogen) atoms. The Morgan fingerprint density at radius 3 is 2.18 bits per heavy atom. The summed E-state index contributed by atoms with van der Waals surface area (Å²) in [6.45, 7) is 12.9. The van der Waals surface area contributed by atoms with Crippen molar-refractivity contribution in [2.45, 2.75) is 91.1 Å². The second kappa shape index (κ2) is 32.3. The van der Waals surface area contributed by atoms with E-state index in [1.54, 1.807) is 49.4 Å². The number of aromatic nitrogens is 3. The van der Waals surface area contributed by atoms with E-state index in [-0.39, 0.29) is 76.9 Å². The first kappa shape index (κ1) is 63.0. The molecular weight excluding hydrogens is 1090 g/mol. The van der Waals surface area contributed by atoms with E-state index in [2.05, 4.69) is 82.5 Å². The first-order valence-corrected chi connectivity index (χ1v) is 29.3. The lowest BCUT2D eigenvalue weighted by Crippen LogP contribution is -2.51. The number of carbonyl (C=O) groups excluding carboxylic acids is 7. The van der Waals surface area contributed by atoms with Crippen LogP contribution in [0.15, 0.2) is 72.1 Å². The van der Waals surface area contributed by atoms with Gasteiger partial charge in [-0.1, -0.05) is 63.6 Å². The summed E-state index contributed by atoms with van der Waals surface area (Å²) in [6, 6.07) is 16.1. The van der Waals surface area contributed by atoms with Crippen molar-refractivity contribution in [3.05, 3.63) is 94.6 Å². The highest BCUT2D eigenvalue weighted by atomic mass is 32.1. The number of nitrogens with one attached hydrogen (secondary N) is 5. The quantitative estimate of drug-likeness (QED) is 0.0226. The molecule has 0 unspecified atom stereocenters. The second-order valence-electron chi connectivity index (χ2n) is 20.8. The largest absolute Gasteiger partial charge is 0.445 e. The van der Waals surface area contributed by atoms with E-state index in [1.807, 2.05) is 6.07 Å². The fraction of sp³-hybridized carbons (Fsp3) is 0.500. The number of thiophene rings is 1. The van der Waals surface area contributed by atoms with Gasteiger partial charge < -0.3 is 61.6 Å². The van der Waals surface area contributed by atoms with Gasteiger partial charge in [-0.2, -0.15) is 0 Å². The number of rotatable bonds is 34. The van der Waals surface area contributed by atoms with Gasteiger partial charge in [0.2, 0.25) is 17.7 Å². The Labute approximate surface area is 487 Å². The molecule has 2 atom stereocenters. The Morgan fingerprint density at radius 2 is 1.47 bits per heavy atom. The standard InChI is InChI=1S/C58H79N13O11S/c1-4-5-8-46-66-52-53(54-45(20-33-83-54)65-55(52)59)71(46)36-41-11-9-40(10-12-41)35-69-26-24-68(25-27-69)23-22-62-58(78)82-37-42-13-15-43(16-14-42)64-48(73)34-63-56(76)51(39(2)3)67-47(72)19-29-80-38-44(7-6-21-61-57(60)77)81-32-31-79-30-28-70-49(74)17-18-50(70)75/h9-18,20,33,39,44,51H,4-8,19,21-32,34-38H2,1-3H3,(H2,59,65)(H,62,78)(H,63,76)(H,64,73)(H,67,72)(H3,60,61,77)/t44-,51-/m0/s1. The number of nitrogens with two attached hydrogens (primary N) is 2. The topological polar surface area (TPSA) is 309 Å². The Kier molecular flexibility index (Phi) is 24.6. The molecule has 7 rings (SSSR count). The van der Waals surface area contributed by atoms with Gasteiger partial charge in [0.25, 0.3) is 11.8 Å². The maximum Gasteiger partial charge on any atom is 0.407 e. The van der Waals surface area contributed by atoms with Crippen LogP contribution in [-0.2, 0) is 69.0 Å². The van der Waals surface area contributed by atoms with Crippen LogP contribution < -0.4 is 38.1 Å². The molecule has 2 aliphatic heterocycles. The van der Waals surface area contributed by atoms with Crippen molar-refractivity contribution in [1.82, 2.24) is 50.5 Å². The maximum atomic E-state index is 13.1. The zero-order valence-corrected chi connectivity index (χ0v) is 48.5. The number of piperazine rings is 1.